The van der Waals surface area contributed by atoms with Crippen LogP contribution in [0.1, 0.15) is 27.3 Å². The first kappa shape index (κ1) is 18.3. The molecule has 0 amide bonds. The lowest BCUT2D eigenvalue weighted by atomic mass is 10.1. The molecular formula is C17H16N2O5S2. The van der Waals surface area contributed by atoms with Gasteiger partial charge in [0.2, 0.25) is 0 Å². The molecule has 3 aromatic rings. The summed E-state index contributed by atoms with van der Waals surface area (Å²) >= 11 is 1.33. The fourth-order valence-corrected chi connectivity index (χ4v) is 4.16. The lowest BCUT2D eigenvalue weighted by molar-refractivity contribution is 0.0467. The quantitative estimate of drug-likeness (QED) is 0.616. The highest BCUT2D eigenvalue weighted by Crippen LogP contribution is 2.13. The highest BCUT2D eigenvalue weighted by Gasteiger charge is 2.12. The third-order valence-corrected chi connectivity index (χ3v) is 5.37. The van der Waals surface area contributed by atoms with Gasteiger partial charge in [0, 0.05) is 23.4 Å². The third kappa shape index (κ3) is 4.17. The number of benzene rings is 1. The van der Waals surface area contributed by atoms with E-state index < -0.39 is 15.8 Å². The van der Waals surface area contributed by atoms with E-state index in [2.05, 4.69) is 4.98 Å². The number of hydrogen-bond donors (Lipinski definition) is 0. The van der Waals surface area contributed by atoms with E-state index in [-0.39, 0.29) is 23.5 Å². The molecule has 9 heteroatoms. The lowest BCUT2D eigenvalue weighted by Gasteiger charge is -2.06. The maximum atomic E-state index is 12.2. The van der Waals surface area contributed by atoms with Gasteiger partial charge in [-0.05, 0) is 24.6 Å². The summed E-state index contributed by atoms with van der Waals surface area (Å²) in [5.41, 5.74) is 1.69. The lowest BCUT2D eigenvalue weighted by Crippen LogP contribution is -2.16. The smallest absolute Gasteiger partial charge is 0.338 e. The maximum Gasteiger partial charge on any atom is 0.338 e. The van der Waals surface area contributed by atoms with Crippen LogP contribution in [0.3, 0.4) is 0 Å². The Bertz CT molecular complexity index is 1150. The van der Waals surface area contributed by atoms with Gasteiger partial charge in [0.05, 0.1) is 17.0 Å². The minimum absolute atomic E-state index is 0.141. The summed E-state index contributed by atoms with van der Waals surface area (Å²) in [6.07, 6.45) is 1.13. The molecule has 0 saturated heterocycles. The molecule has 26 heavy (non-hydrogen) atoms. The van der Waals surface area contributed by atoms with E-state index >= 15 is 0 Å². The molecule has 0 atom stereocenters. The predicted octanol–water partition coefficient (Wildman–Crippen LogP) is 1.97. The molecule has 0 aliphatic rings. The Hall–Kier alpha value is -2.52. The number of nitrogens with zero attached hydrogens (tertiary/aromatic N) is 2. The number of aromatic nitrogens is 2. The average molecular weight is 392 g/mol. The summed E-state index contributed by atoms with van der Waals surface area (Å²) in [6.45, 7) is 1.67. The van der Waals surface area contributed by atoms with E-state index in [4.69, 9.17) is 4.74 Å². The molecule has 0 fully saturated rings. The van der Waals surface area contributed by atoms with Crippen molar-refractivity contribution < 1.29 is 17.9 Å². The molecule has 136 valence electrons. The van der Waals surface area contributed by atoms with Crippen LogP contribution in [0.5, 0.6) is 0 Å². The molecular weight excluding hydrogens is 376 g/mol. The van der Waals surface area contributed by atoms with Gasteiger partial charge in [0.15, 0.2) is 14.8 Å². The second-order valence-corrected chi connectivity index (χ2v) is 8.90. The summed E-state index contributed by atoms with van der Waals surface area (Å²) in [5.74, 6) is -0.759. The minimum Gasteiger partial charge on any atom is -0.456 e. The molecule has 0 N–H and O–H groups in total. The molecule has 0 saturated carbocycles. The molecule has 0 aliphatic carbocycles. The third-order valence-electron chi connectivity index (χ3n) is 3.57. The molecule has 0 spiro atoms. The first-order valence-corrected chi connectivity index (χ1v) is 10.6. The Morgan fingerprint density at radius 3 is 2.81 bits per heavy atom. The number of hydrogen-bond acceptors (Lipinski definition) is 7. The van der Waals surface area contributed by atoms with Crippen LogP contribution in [0.4, 0.5) is 0 Å². The molecule has 0 unspecified atom stereocenters. The topological polar surface area (TPSA) is 94.8 Å². The molecule has 1 aromatic carbocycles. The van der Waals surface area contributed by atoms with Crippen molar-refractivity contribution >= 4 is 32.1 Å². The van der Waals surface area contributed by atoms with Crippen molar-refractivity contribution in [2.45, 2.75) is 19.3 Å². The van der Waals surface area contributed by atoms with Crippen LogP contribution in [-0.4, -0.2) is 30.0 Å². The number of carbonyl (C=O) groups is 1. The number of esters is 1. The van der Waals surface area contributed by atoms with Crippen LogP contribution in [0.15, 0.2) is 40.5 Å². The zero-order valence-corrected chi connectivity index (χ0v) is 15.8. The van der Waals surface area contributed by atoms with E-state index in [1.54, 1.807) is 18.2 Å². The highest BCUT2D eigenvalue weighted by atomic mass is 32.2. The molecule has 0 aliphatic heterocycles. The van der Waals surface area contributed by atoms with Crippen LogP contribution >= 0.6 is 11.3 Å². The number of thiazole rings is 1. The van der Waals surface area contributed by atoms with Crippen LogP contribution in [-0.2, 0) is 26.9 Å². The number of ether oxygens (including phenoxy) is 1. The first-order chi connectivity index (χ1) is 12.2. The average Bonchev–Trinajstić information content (AvgIpc) is 2.93. The van der Waals surface area contributed by atoms with Gasteiger partial charge in [0.1, 0.15) is 6.61 Å². The Kier molecular flexibility index (Phi) is 4.92. The summed E-state index contributed by atoms with van der Waals surface area (Å²) in [4.78, 5) is 29.2. The predicted molar refractivity (Wildman–Crippen MR) is 98.2 cm³/mol. The summed E-state index contributed by atoms with van der Waals surface area (Å²) in [5, 5.41) is 1.83. The van der Waals surface area contributed by atoms with Crippen molar-refractivity contribution in [3.63, 3.8) is 0 Å². The number of aryl methyl sites for hydroxylation is 1. The van der Waals surface area contributed by atoms with Crippen molar-refractivity contribution in [2.75, 3.05) is 6.26 Å². The number of rotatable bonds is 5. The van der Waals surface area contributed by atoms with Gasteiger partial charge < -0.3 is 4.74 Å². The summed E-state index contributed by atoms with van der Waals surface area (Å²) < 4.78 is 29.5. The van der Waals surface area contributed by atoms with Crippen molar-refractivity contribution in [1.29, 1.82) is 0 Å². The van der Waals surface area contributed by atoms with E-state index in [1.807, 2.05) is 12.3 Å². The molecule has 3 rings (SSSR count). The van der Waals surface area contributed by atoms with Crippen LogP contribution < -0.4 is 5.56 Å². The Labute approximate surface area is 153 Å². The van der Waals surface area contributed by atoms with E-state index in [0.717, 1.165) is 11.9 Å². The Morgan fingerprint density at radius 2 is 2.08 bits per heavy atom. The SMILES string of the molecule is Cc1csc2nc(COC(=O)c3cccc(CS(C)(=O)=O)c3)cc(=O)n12. The van der Waals surface area contributed by atoms with E-state index in [9.17, 15) is 18.0 Å². The van der Waals surface area contributed by atoms with Crippen molar-refractivity contribution in [3.8, 4) is 0 Å². The van der Waals surface area contributed by atoms with Gasteiger partial charge in [-0.1, -0.05) is 12.1 Å². The first-order valence-electron chi connectivity index (χ1n) is 7.63. The summed E-state index contributed by atoms with van der Waals surface area (Å²) in [7, 11) is -3.20. The van der Waals surface area contributed by atoms with Crippen LogP contribution in [0, 0.1) is 6.92 Å². The molecule has 0 bridgehead atoms. The second-order valence-electron chi connectivity index (χ2n) is 5.93. The fraction of sp³-hybridized carbons (Fsp3) is 0.235. The van der Waals surface area contributed by atoms with Gasteiger partial charge in [-0.3, -0.25) is 9.20 Å². The zero-order valence-electron chi connectivity index (χ0n) is 14.1. The standard InChI is InChI=1S/C17H16N2O5S2/c1-11-9-25-17-18-14(7-15(20)19(11)17)8-24-16(21)13-5-3-4-12(6-13)10-26(2,22)23/h3-7,9H,8,10H2,1-2H3. The van der Waals surface area contributed by atoms with Crippen molar-refractivity contribution in [1.82, 2.24) is 9.38 Å². The van der Waals surface area contributed by atoms with Crippen molar-refractivity contribution in [3.05, 3.63) is 68.6 Å². The number of fused-ring (bicyclic) bond motifs is 1. The minimum atomic E-state index is -3.20. The zero-order chi connectivity index (χ0) is 18.9. The van der Waals surface area contributed by atoms with Crippen LogP contribution in [0.2, 0.25) is 0 Å². The van der Waals surface area contributed by atoms with Crippen LogP contribution in [0.25, 0.3) is 4.96 Å². The van der Waals surface area contributed by atoms with Gasteiger partial charge in [0.25, 0.3) is 5.56 Å². The van der Waals surface area contributed by atoms with Gasteiger partial charge >= 0.3 is 5.97 Å². The molecule has 2 aromatic heterocycles. The Balaban J connectivity index is 1.75. The number of sulfone groups is 1. The molecule has 2 heterocycles. The largest absolute Gasteiger partial charge is 0.456 e. The molecule has 7 nitrogen and oxygen atoms in total. The fourth-order valence-electron chi connectivity index (χ4n) is 2.49. The monoisotopic (exact) mass is 392 g/mol. The Morgan fingerprint density at radius 1 is 1.31 bits per heavy atom. The van der Waals surface area contributed by atoms with Gasteiger partial charge in [-0.25, -0.2) is 18.2 Å². The second kappa shape index (κ2) is 7.00. The van der Waals surface area contributed by atoms with Crippen molar-refractivity contribution in [2.24, 2.45) is 0 Å². The maximum absolute atomic E-state index is 12.2. The molecule has 0 radical (unpaired) electrons. The number of carbonyl (C=O) groups excluding carboxylic acids is 1. The van der Waals surface area contributed by atoms with E-state index in [0.29, 0.717) is 16.2 Å². The highest BCUT2D eigenvalue weighted by molar-refractivity contribution is 7.89. The van der Waals surface area contributed by atoms with Gasteiger partial charge in [-0.15, -0.1) is 11.3 Å². The van der Waals surface area contributed by atoms with Gasteiger partial charge in [-0.2, -0.15) is 0 Å². The van der Waals surface area contributed by atoms with E-state index in [1.165, 1.54) is 27.9 Å². The normalized spacial score (nSPS) is 11.6. The summed E-state index contributed by atoms with van der Waals surface area (Å²) in [6, 6.07) is 7.59.